The van der Waals surface area contributed by atoms with Crippen LogP contribution >= 0.6 is 0 Å². The summed E-state index contributed by atoms with van der Waals surface area (Å²) in [6.45, 7) is 6.78. The predicted molar refractivity (Wildman–Crippen MR) is 98.7 cm³/mol. The molecular weight excluding hydrogens is 373 g/mol. The van der Waals surface area contributed by atoms with E-state index in [0.29, 0.717) is 32.7 Å². The average Bonchev–Trinajstić information content (AvgIpc) is 3.05. The van der Waals surface area contributed by atoms with Crippen molar-refractivity contribution < 1.29 is 27.8 Å². The van der Waals surface area contributed by atoms with E-state index in [4.69, 9.17) is 4.74 Å². The molecule has 0 aromatic rings. The van der Waals surface area contributed by atoms with Gasteiger partial charge in [-0.3, -0.25) is 9.69 Å². The van der Waals surface area contributed by atoms with Crippen molar-refractivity contribution in [2.24, 2.45) is 11.3 Å². The lowest BCUT2D eigenvalue weighted by atomic mass is 9.65. The maximum Gasteiger partial charge on any atom is 0.389 e. The van der Waals surface area contributed by atoms with Gasteiger partial charge in [0.1, 0.15) is 0 Å². The number of hydrogen-bond donors (Lipinski definition) is 1. The van der Waals surface area contributed by atoms with E-state index in [1.807, 2.05) is 6.92 Å². The fourth-order valence-corrected chi connectivity index (χ4v) is 5.44. The van der Waals surface area contributed by atoms with Crippen LogP contribution in [-0.2, 0) is 9.53 Å². The SMILES string of the molecule is C[C@@H]1CN(CC2(O)CCN(C(=O)[C@H](C)CC(F)(F)F)CC23CCCC3)CCO1. The largest absolute Gasteiger partial charge is 0.389 e. The van der Waals surface area contributed by atoms with Crippen molar-refractivity contribution in [2.75, 3.05) is 39.3 Å². The molecule has 0 bridgehead atoms. The molecule has 1 N–H and O–H groups in total. The van der Waals surface area contributed by atoms with Crippen LogP contribution in [0.5, 0.6) is 0 Å². The van der Waals surface area contributed by atoms with Crippen molar-refractivity contribution in [1.82, 2.24) is 9.80 Å². The molecule has 28 heavy (non-hydrogen) atoms. The summed E-state index contributed by atoms with van der Waals surface area (Å²) in [6.07, 6.45) is -1.27. The fraction of sp³-hybridized carbons (Fsp3) is 0.950. The minimum Gasteiger partial charge on any atom is -0.388 e. The number of nitrogens with zero attached hydrogens (tertiary/aromatic N) is 2. The zero-order chi connectivity index (χ0) is 20.6. The molecule has 2 saturated heterocycles. The Morgan fingerprint density at radius 2 is 1.93 bits per heavy atom. The summed E-state index contributed by atoms with van der Waals surface area (Å²) in [5, 5.41) is 11.7. The monoisotopic (exact) mass is 406 g/mol. The number of amides is 1. The quantitative estimate of drug-likeness (QED) is 0.780. The van der Waals surface area contributed by atoms with Crippen molar-refractivity contribution in [3.63, 3.8) is 0 Å². The summed E-state index contributed by atoms with van der Waals surface area (Å²) in [5.74, 6) is -1.52. The lowest BCUT2D eigenvalue weighted by Crippen LogP contribution is -2.65. The van der Waals surface area contributed by atoms with Crippen LogP contribution < -0.4 is 0 Å². The molecule has 1 amide bonds. The average molecular weight is 406 g/mol. The van der Waals surface area contributed by atoms with Crippen LogP contribution in [0.2, 0.25) is 0 Å². The number of aliphatic hydroxyl groups is 1. The van der Waals surface area contributed by atoms with Gasteiger partial charge in [0.25, 0.3) is 0 Å². The lowest BCUT2D eigenvalue weighted by Gasteiger charge is -2.54. The first-order chi connectivity index (χ1) is 13.0. The third-order valence-corrected chi connectivity index (χ3v) is 6.92. The van der Waals surface area contributed by atoms with Gasteiger partial charge in [-0.05, 0) is 26.2 Å². The van der Waals surface area contributed by atoms with E-state index in [9.17, 15) is 23.1 Å². The zero-order valence-electron chi connectivity index (χ0n) is 16.9. The second-order valence-corrected chi connectivity index (χ2v) is 9.17. The van der Waals surface area contributed by atoms with E-state index in [1.165, 1.54) is 6.92 Å². The van der Waals surface area contributed by atoms with Crippen LogP contribution in [-0.4, -0.2) is 78.0 Å². The van der Waals surface area contributed by atoms with Gasteiger partial charge in [-0.15, -0.1) is 0 Å². The number of carbonyl (C=O) groups is 1. The minimum atomic E-state index is -4.34. The summed E-state index contributed by atoms with van der Waals surface area (Å²) >= 11 is 0. The smallest absolute Gasteiger partial charge is 0.388 e. The Morgan fingerprint density at radius 3 is 2.54 bits per heavy atom. The van der Waals surface area contributed by atoms with E-state index >= 15 is 0 Å². The number of ether oxygens (including phenoxy) is 1. The highest BCUT2D eigenvalue weighted by molar-refractivity contribution is 5.78. The number of piperidine rings is 1. The van der Waals surface area contributed by atoms with Crippen LogP contribution in [0.3, 0.4) is 0 Å². The highest BCUT2D eigenvalue weighted by Crippen LogP contribution is 2.51. The molecule has 1 spiro atoms. The van der Waals surface area contributed by atoms with Gasteiger partial charge in [0.15, 0.2) is 0 Å². The molecule has 2 aliphatic heterocycles. The molecule has 1 aliphatic carbocycles. The van der Waals surface area contributed by atoms with Crippen LogP contribution in [0.1, 0.15) is 52.4 Å². The molecule has 0 radical (unpaired) electrons. The molecular formula is C20H33F3N2O3. The molecule has 2 heterocycles. The topological polar surface area (TPSA) is 53.0 Å². The molecule has 162 valence electrons. The summed E-state index contributed by atoms with van der Waals surface area (Å²) in [5.41, 5.74) is -1.33. The van der Waals surface area contributed by atoms with Crippen molar-refractivity contribution in [3.8, 4) is 0 Å². The molecule has 3 atom stereocenters. The standard InChI is InChI=1S/C20H33F3N2O3/c1-15(11-20(21,22)23)17(26)25-8-7-19(27,18(13-25)5-3-4-6-18)14-24-9-10-28-16(2)12-24/h15-16,27H,3-14H2,1-2H3/t15-,16-,19?/m1/s1. The first-order valence-electron chi connectivity index (χ1n) is 10.5. The van der Waals surface area contributed by atoms with E-state index in [1.54, 1.807) is 4.90 Å². The Balaban J connectivity index is 1.71. The predicted octanol–water partition coefficient (Wildman–Crippen LogP) is 2.82. The van der Waals surface area contributed by atoms with Gasteiger partial charge in [-0.1, -0.05) is 19.8 Å². The molecule has 1 unspecified atom stereocenters. The second kappa shape index (κ2) is 8.11. The van der Waals surface area contributed by atoms with Crippen LogP contribution in [0, 0.1) is 11.3 Å². The van der Waals surface area contributed by atoms with Crippen molar-refractivity contribution in [1.29, 1.82) is 0 Å². The van der Waals surface area contributed by atoms with Crippen LogP contribution in [0.25, 0.3) is 0 Å². The van der Waals surface area contributed by atoms with Gasteiger partial charge in [0.2, 0.25) is 5.91 Å². The fourth-order valence-electron chi connectivity index (χ4n) is 5.44. The van der Waals surface area contributed by atoms with Crippen molar-refractivity contribution in [2.45, 2.75) is 70.3 Å². The molecule has 8 heteroatoms. The number of halogens is 3. The molecule has 3 rings (SSSR count). The number of hydrogen-bond acceptors (Lipinski definition) is 4. The number of morpholine rings is 1. The van der Waals surface area contributed by atoms with Crippen LogP contribution in [0.15, 0.2) is 0 Å². The van der Waals surface area contributed by atoms with Gasteiger partial charge in [0.05, 0.1) is 24.7 Å². The zero-order valence-corrected chi connectivity index (χ0v) is 16.9. The van der Waals surface area contributed by atoms with E-state index in [2.05, 4.69) is 4.90 Å². The molecule has 1 saturated carbocycles. The van der Waals surface area contributed by atoms with Crippen molar-refractivity contribution in [3.05, 3.63) is 0 Å². The van der Waals surface area contributed by atoms with E-state index < -0.39 is 35.4 Å². The summed E-state index contributed by atoms with van der Waals surface area (Å²) < 4.78 is 43.7. The Hall–Kier alpha value is -0.860. The highest BCUT2D eigenvalue weighted by Gasteiger charge is 2.56. The first kappa shape index (κ1) is 21.8. The third kappa shape index (κ3) is 4.65. The summed E-state index contributed by atoms with van der Waals surface area (Å²) in [4.78, 5) is 16.5. The lowest BCUT2D eigenvalue weighted by molar-refractivity contribution is -0.176. The third-order valence-electron chi connectivity index (χ3n) is 6.92. The Kier molecular flexibility index (Phi) is 6.32. The van der Waals surface area contributed by atoms with Gasteiger partial charge in [0, 0.05) is 44.1 Å². The number of likely N-dealkylation sites (tertiary alicyclic amines) is 1. The molecule has 3 fully saturated rings. The minimum absolute atomic E-state index is 0.127. The number of alkyl halides is 3. The Bertz CT molecular complexity index is 565. The highest BCUT2D eigenvalue weighted by atomic mass is 19.4. The maximum absolute atomic E-state index is 12.7. The van der Waals surface area contributed by atoms with E-state index in [0.717, 1.165) is 38.8 Å². The van der Waals surface area contributed by atoms with E-state index in [-0.39, 0.29) is 6.10 Å². The molecule has 3 aliphatic rings. The number of β-amino-alcohol motifs (C(OH)–C–C–N with tert-alkyl or cyclic N) is 1. The van der Waals surface area contributed by atoms with Gasteiger partial charge >= 0.3 is 6.18 Å². The summed E-state index contributed by atoms with van der Waals surface area (Å²) in [6, 6.07) is 0. The normalized spacial score (nSPS) is 32.6. The molecule has 0 aromatic heterocycles. The number of carbonyl (C=O) groups excluding carboxylic acids is 1. The Morgan fingerprint density at radius 1 is 1.25 bits per heavy atom. The molecule has 0 aromatic carbocycles. The van der Waals surface area contributed by atoms with Gasteiger partial charge in [-0.2, -0.15) is 13.2 Å². The Labute approximate surface area is 165 Å². The molecule has 5 nitrogen and oxygen atoms in total. The second-order valence-electron chi connectivity index (χ2n) is 9.17. The maximum atomic E-state index is 12.7. The summed E-state index contributed by atoms with van der Waals surface area (Å²) in [7, 11) is 0. The van der Waals surface area contributed by atoms with Crippen LogP contribution in [0.4, 0.5) is 13.2 Å². The first-order valence-corrected chi connectivity index (χ1v) is 10.5. The van der Waals surface area contributed by atoms with Crippen molar-refractivity contribution >= 4 is 5.91 Å². The number of rotatable bonds is 4. The van der Waals surface area contributed by atoms with Gasteiger partial charge < -0.3 is 14.7 Å². The van der Waals surface area contributed by atoms with Gasteiger partial charge in [-0.25, -0.2) is 0 Å².